The summed E-state index contributed by atoms with van der Waals surface area (Å²) in [5, 5.41) is 6.66. The first kappa shape index (κ1) is 25.7. The molecule has 2 aromatic carbocycles. The van der Waals surface area contributed by atoms with E-state index in [4.69, 9.17) is 4.74 Å². The molecule has 7 nitrogen and oxygen atoms in total. The maximum atomic E-state index is 13.3. The molecule has 35 heavy (non-hydrogen) atoms. The predicted molar refractivity (Wildman–Crippen MR) is 139 cm³/mol. The lowest BCUT2D eigenvalue weighted by atomic mass is 9.91. The first-order valence-corrected chi connectivity index (χ1v) is 14.1. The van der Waals surface area contributed by atoms with Gasteiger partial charge in [0.15, 0.2) is 0 Å². The van der Waals surface area contributed by atoms with Crippen LogP contribution in [0.3, 0.4) is 0 Å². The molecular weight excluding hydrogens is 462 g/mol. The Balaban J connectivity index is 1.69. The molecule has 2 aliphatic rings. The molecule has 4 rings (SSSR count). The van der Waals surface area contributed by atoms with Gasteiger partial charge in [-0.25, -0.2) is 8.42 Å². The topological polar surface area (TPSA) is 87.7 Å². The summed E-state index contributed by atoms with van der Waals surface area (Å²) in [6.45, 7) is 2.87. The van der Waals surface area contributed by atoms with Crippen LogP contribution in [0.2, 0.25) is 0 Å². The van der Waals surface area contributed by atoms with Crippen LogP contribution < -0.4 is 14.9 Å². The van der Waals surface area contributed by atoms with Crippen LogP contribution in [0.25, 0.3) is 0 Å². The van der Waals surface area contributed by atoms with Crippen molar-refractivity contribution in [3.05, 3.63) is 64.7 Å². The highest BCUT2D eigenvalue weighted by Crippen LogP contribution is 2.35. The van der Waals surface area contributed by atoms with Gasteiger partial charge in [0.25, 0.3) is 5.91 Å². The fourth-order valence-electron chi connectivity index (χ4n) is 4.71. The minimum atomic E-state index is -3.47. The van der Waals surface area contributed by atoms with E-state index in [0.717, 1.165) is 43.9 Å². The predicted octanol–water partition coefficient (Wildman–Crippen LogP) is 3.27. The van der Waals surface area contributed by atoms with Crippen LogP contribution in [0.5, 0.6) is 0 Å². The van der Waals surface area contributed by atoms with E-state index < -0.39 is 10.0 Å². The van der Waals surface area contributed by atoms with Crippen molar-refractivity contribution in [3.63, 3.8) is 0 Å². The van der Waals surface area contributed by atoms with Gasteiger partial charge in [-0.05, 0) is 86.9 Å². The summed E-state index contributed by atoms with van der Waals surface area (Å²) in [5.74, 6) is 0.325. The van der Waals surface area contributed by atoms with Gasteiger partial charge in [0.1, 0.15) is 0 Å². The van der Waals surface area contributed by atoms with Gasteiger partial charge in [0, 0.05) is 24.2 Å². The van der Waals surface area contributed by atoms with E-state index in [1.165, 1.54) is 22.5 Å². The van der Waals surface area contributed by atoms with E-state index in [0.29, 0.717) is 23.8 Å². The lowest BCUT2D eigenvalue weighted by Crippen LogP contribution is -2.46. The summed E-state index contributed by atoms with van der Waals surface area (Å²) in [7, 11) is -0.0324. The molecule has 0 aromatic heterocycles. The highest BCUT2D eigenvalue weighted by Gasteiger charge is 2.32. The Bertz CT molecular complexity index is 1180. The fourth-order valence-corrected chi connectivity index (χ4v) is 5.20. The van der Waals surface area contributed by atoms with Crippen molar-refractivity contribution < 1.29 is 17.9 Å². The Morgan fingerprint density at radius 1 is 1.09 bits per heavy atom. The monoisotopic (exact) mass is 499 g/mol. The highest BCUT2D eigenvalue weighted by molar-refractivity contribution is 7.92. The number of ether oxygens (including phenoxy) is 1. The second kappa shape index (κ2) is 10.3. The number of anilines is 1. The zero-order valence-corrected chi connectivity index (χ0v) is 22.0. The number of aryl methyl sites for hydroxylation is 1. The lowest BCUT2D eigenvalue weighted by molar-refractivity contribution is 0.0671. The average molecular weight is 500 g/mol. The van der Waals surface area contributed by atoms with Gasteiger partial charge < -0.3 is 15.4 Å². The number of benzene rings is 2. The molecular formula is C27H37N3O4S. The quantitative estimate of drug-likeness (QED) is 0.674. The van der Waals surface area contributed by atoms with Crippen molar-refractivity contribution >= 4 is 21.6 Å². The Morgan fingerprint density at radius 2 is 1.83 bits per heavy atom. The van der Waals surface area contributed by atoms with Crippen LogP contribution in [-0.4, -0.2) is 52.9 Å². The third-order valence-corrected chi connectivity index (χ3v) is 8.44. The van der Waals surface area contributed by atoms with E-state index in [9.17, 15) is 13.2 Å². The van der Waals surface area contributed by atoms with Gasteiger partial charge in [-0.2, -0.15) is 0 Å². The highest BCUT2D eigenvalue weighted by atomic mass is 32.2. The molecule has 4 bridgehead atoms. The number of hydrogen-bond acceptors (Lipinski definition) is 5. The molecule has 1 saturated carbocycles. The average Bonchev–Trinajstić information content (AvgIpc) is 3.65. The summed E-state index contributed by atoms with van der Waals surface area (Å²) in [5.41, 5.74) is 3.92. The largest absolute Gasteiger partial charge is 0.375 e. The normalized spacial score (nSPS) is 24.0. The minimum absolute atomic E-state index is 0.0950. The summed E-state index contributed by atoms with van der Waals surface area (Å²) < 4.78 is 31.7. The molecule has 1 amide bonds. The molecule has 1 heterocycles. The molecule has 190 valence electrons. The van der Waals surface area contributed by atoms with Gasteiger partial charge in [0.05, 0.1) is 25.2 Å². The second-order valence-electron chi connectivity index (χ2n) is 10.4. The second-order valence-corrected chi connectivity index (χ2v) is 12.4. The zero-order valence-electron chi connectivity index (χ0n) is 21.1. The third-order valence-electron chi connectivity index (χ3n) is 7.23. The van der Waals surface area contributed by atoms with Crippen LogP contribution >= 0.6 is 0 Å². The van der Waals surface area contributed by atoms with E-state index >= 15 is 0 Å². The van der Waals surface area contributed by atoms with Crippen LogP contribution in [0.4, 0.5) is 5.69 Å². The smallest absolute Gasteiger partial charge is 0.251 e. The molecule has 1 aliphatic carbocycles. The molecule has 0 radical (unpaired) electrons. The number of hydrogen-bond donors (Lipinski definition) is 2. The molecule has 8 heteroatoms. The van der Waals surface area contributed by atoms with Crippen LogP contribution in [0.15, 0.2) is 42.5 Å². The zero-order chi connectivity index (χ0) is 25.2. The van der Waals surface area contributed by atoms with Crippen molar-refractivity contribution in [3.8, 4) is 0 Å². The van der Waals surface area contributed by atoms with E-state index in [-0.39, 0.29) is 24.1 Å². The standard InChI is InChI=1S/C27H37N3O4S/c1-27(28-2)16-20-7-5-6-19(12-20)8-11-25(22-9-10-22)29-26(31)23-13-21(17-34-18-27)14-24(15-23)30(3)35(4,32)33/h5-7,12-15,22,25,28H,8-11,16-18H2,1-4H3,(H,29,31). The first-order chi connectivity index (χ1) is 16.6. The molecule has 0 saturated heterocycles. The summed E-state index contributed by atoms with van der Waals surface area (Å²) >= 11 is 0. The molecule has 0 spiro atoms. The van der Waals surface area contributed by atoms with Crippen molar-refractivity contribution in [2.45, 2.75) is 57.2 Å². The number of fused-ring (bicyclic) bond motifs is 4. The van der Waals surface area contributed by atoms with Gasteiger partial charge in [-0.15, -0.1) is 0 Å². The van der Waals surface area contributed by atoms with Crippen molar-refractivity contribution in [1.29, 1.82) is 0 Å². The van der Waals surface area contributed by atoms with E-state index in [1.807, 2.05) is 13.1 Å². The third kappa shape index (κ3) is 6.63. The Kier molecular flexibility index (Phi) is 7.54. The Hall–Kier alpha value is -2.42. The number of amides is 1. The summed E-state index contributed by atoms with van der Waals surface area (Å²) in [6.07, 6.45) is 6.00. The molecule has 2 atom stereocenters. The minimum Gasteiger partial charge on any atom is -0.375 e. The number of carbonyl (C=O) groups is 1. The van der Waals surface area contributed by atoms with E-state index in [1.54, 1.807) is 12.1 Å². The van der Waals surface area contributed by atoms with Crippen molar-refractivity contribution in [2.24, 2.45) is 5.92 Å². The van der Waals surface area contributed by atoms with Gasteiger partial charge in [-0.3, -0.25) is 9.10 Å². The lowest BCUT2D eigenvalue weighted by Gasteiger charge is -2.30. The first-order valence-electron chi connectivity index (χ1n) is 12.3. The van der Waals surface area contributed by atoms with Crippen molar-refractivity contribution in [2.75, 3.05) is 31.3 Å². The molecule has 2 unspecified atom stereocenters. The SMILES string of the molecule is CNC1(C)COCc2cc(cc(N(C)S(C)(=O)=O)c2)C(=O)NC(C2CC2)CCc2cccc(c2)C1. The van der Waals surface area contributed by atoms with Gasteiger partial charge >= 0.3 is 0 Å². The maximum absolute atomic E-state index is 13.3. The molecule has 2 aromatic rings. The molecule has 2 N–H and O–H groups in total. The Labute approximate surface area is 209 Å². The molecule has 1 fully saturated rings. The summed E-state index contributed by atoms with van der Waals surface area (Å²) in [6, 6.07) is 14.0. The van der Waals surface area contributed by atoms with Crippen LogP contribution in [-0.2, 0) is 34.2 Å². The Morgan fingerprint density at radius 3 is 2.51 bits per heavy atom. The number of nitrogens with one attached hydrogen (secondary N) is 2. The van der Waals surface area contributed by atoms with Gasteiger partial charge in [0.2, 0.25) is 10.0 Å². The molecule has 1 aliphatic heterocycles. The number of nitrogens with zero attached hydrogens (tertiary/aromatic N) is 1. The van der Waals surface area contributed by atoms with Crippen LogP contribution in [0, 0.1) is 5.92 Å². The number of carbonyl (C=O) groups excluding carboxylic acids is 1. The number of rotatable bonds is 4. The van der Waals surface area contributed by atoms with E-state index in [2.05, 4.69) is 41.8 Å². The van der Waals surface area contributed by atoms with Crippen molar-refractivity contribution in [1.82, 2.24) is 10.6 Å². The summed E-state index contributed by atoms with van der Waals surface area (Å²) in [4.78, 5) is 13.3. The maximum Gasteiger partial charge on any atom is 0.251 e. The van der Waals surface area contributed by atoms with Gasteiger partial charge in [-0.1, -0.05) is 24.3 Å². The number of likely N-dealkylation sites (N-methyl/N-ethyl adjacent to an activating group) is 1. The fraction of sp³-hybridized carbons (Fsp3) is 0.519. The number of sulfonamides is 1. The van der Waals surface area contributed by atoms with Crippen LogP contribution in [0.1, 0.15) is 53.2 Å².